The summed E-state index contributed by atoms with van der Waals surface area (Å²) >= 11 is 5.81. The van der Waals surface area contributed by atoms with E-state index >= 15 is 0 Å². The monoisotopic (exact) mass is 464 g/mol. The summed E-state index contributed by atoms with van der Waals surface area (Å²) in [6, 6.07) is 4.47. The number of carbonyl (C=O) groups excluding carboxylic acids is 2. The molecule has 8 heteroatoms. The lowest BCUT2D eigenvalue weighted by molar-refractivity contribution is -0.128. The number of allylic oxidation sites excluding steroid dienone is 1. The number of likely N-dealkylation sites (N-methyl/N-ethyl adjacent to an activating group) is 1. The zero-order valence-electron chi connectivity index (χ0n) is 19.4. The van der Waals surface area contributed by atoms with Crippen LogP contribution in [-0.4, -0.2) is 72.3 Å². The number of ketones is 1. The van der Waals surface area contributed by atoms with E-state index in [1.165, 1.54) is 12.1 Å². The molecule has 2 aliphatic rings. The van der Waals surface area contributed by atoms with Crippen LogP contribution in [0.2, 0.25) is 5.02 Å². The van der Waals surface area contributed by atoms with E-state index in [0.717, 1.165) is 31.5 Å². The van der Waals surface area contributed by atoms with Crippen molar-refractivity contribution < 1.29 is 14.0 Å². The predicted molar refractivity (Wildman–Crippen MR) is 127 cm³/mol. The minimum atomic E-state index is -0.210. The van der Waals surface area contributed by atoms with Gasteiger partial charge in [-0.25, -0.2) is 4.39 Å². The molecule has 3 rings (SSSR count). The lowest BCUT2D eigenvalue weighted by Gasteiger charge is -2.39. The van der Waals surface area contributed by atoms with Gasteiger partial charge in [0.05, 0.1) is 12.2 Å². The number of nitrogens with one attached hydrogen (secondary N) is 1. The Kier molecular flexibility index (Phi) is 10.2. The average molecular weight is 465 g/mol. The van der Waals surface area contributed by atoms with Crippen LogP contribution in [0.5, 0.6) is 0 Å². The van der Waals surface area contributed by atoms with Crippen molar-refractivity contribution in [3.63, 3.8) is 0 Å². The van der Waals surface area contributed by atoms with Gasteiger partial charge < -0.3 is 20.0 Å². The topological polar surface area (TPSA) is 55.9 Å². The third-order valence-corrected chi connectivity index (χ3v) is 5.89. The molecule has 176 valence electrons. The van der Waals surface area contributed by atoms with Gasteiger partial charge in [-0.2, -0.15) is 0 Å². The van der Waals surface area contributed by atoms with Crippen molar-refractivity contribution in [2.75, 3.05) is 39.8 Å². The molecule has 1 saturated heterocycles. The number of hydrogen-bond donors (Lipinski definition) is 1. The summed E-state index contributed by atoms with van der Waals surface area (Å²) in [7, 11) is 2.02. The third-order valence-electron chi connectivity index (χ3n) is 5.52. The molecule has 2 aliphatic heterocycles. The van der Waals surface area contributed by atoms with Crippen LogP contribution in [0.1, 0.15) is 32.8 Å². The van der Waals surface area contributed by atoms with Crippen LogP contribution in [0.15, 0.2) is 42.2 Å². The molecule has 6 nitrogen and oxygen atoms in total. The van der Waals surface area contributed by atoms with Gasteiger partial charge in [0, 0.05) is 43.9 Å². The van der Waals surface area contributed by atoms with E-state index in [1.807, 2.05) is 29.8 Å². The molecule has 0 radical (unpaired) electrons. The minimum absolute atomic E-state index is 0.0216. The molecule has 1 aromatic carbocycles. The molecule has 0 aromatic heterocycles. The van der Waals surface area contributed by atoms with Gasteiger partial charge in [-0.1, -0.05) is 37.9 Å². The number of hydrogen-bond acceptors (Lipinski definition) is 5. The first-order chi connectivity index (χ1) is 15.3. The minimum Gasteiger partial charge on any atom is -0.368 e. The second-order valence-electron chi connectivity index (χ2n) is 7.99. The predicted octanol–water partition coefficient (Wildman–Crippen LogP) is 3.43. The van der Waals surface area contributed by atoms with Crippen LogP contribution >= 0.6 is 11.6 Å². The Morgan fingerprint density at radius 3 is 2.72 bits per heavy atom. The van der Waals surface area contributed by atoms with Gasteiger partial charge in [0.1, 0.15) is 12.0 Å². The molecule has 0 bridgehead atoms. The standard InChI is InChI=1S/C15H24N4O2.C9H10ClF/c1-4-17(3)7-5-6-15(21)18-8-9-19-13(12(2)20)10-16-14(19)11-18;1-2-3-7-6-8(11)4-5-9(7)10/h5-6,10,14,16H,4,7-9,11H2,1-3H3;4-6H,2-3H2,1H3/b6-5+;. The number of benzene rings is 1. The lowest BCUT2D eigenvalue weighted by atomic mass is 10.1. The smallest absolute Gasteiger partial charge is 0.246 e. The molecule has 1 N–H and O–H groups in total. The van der Waals surface area contributed by atoms with E-state index in [4.69, 9.17) is 11.6 Å². The Bertz CT molecular complexity index is 858. The zero-order chi connectivity index (χ0) is 23.7. The fourth-order valence-electron chi connectivity index (χ4n) is 3.55. The van der Waals surface area contributed by atoms with Crippen LogP contribution in [0, 0.1) is 5.82 Å². The summed E-state index contributed by atoms with van der Waals surface area (Å²) in [5.41, 5.74) is 1.61. The number of carbonyl (C=O) groups is 2. The lowest BCUT2D eigenvalue weighted by Crippen LogP contribution is -2.55. The van der Waals surface area contributed by atoms with Crippen molar-refractivity contribution in [1.29, 1.82) is 0 Å². The average Bonchev–Trinajstić information content (AvgIpc) is 3.20. The summed E-state index contributed by atoms with van der Waals surface area (Å²) in [5.74, 6) is -0.109. The quantitative estimate of drug-likeness (QED) is 0.626. The normalized spacial score (nSPS) is 17.6. The Balaban J connectivity index is 0.000000278. The van der Waals surface area contributed by atoms with Gasteiger partial charge in [0.25, 0.3) is 0 Å². The molecule has 0 saturated carbocycles. The Hall–Kier alpha value is -2.38. The van der Waals surface area contributed by atoms with Gasteiger partial charge in [-0.05, 0) is 43.8 Å². The van der Waals surface area contributed by atoms with Crippen molar-refractivity contribution in [3.8, 4) is 0 Å². The van der Waals surface area contributed by atoms with E-state index in [0.29, 0.717) is 30.4 Å². The number of aryl methyl sites for hydroxylation is 1. The molecule has 1 amide bonds. The summed E-state index contributed by atoms with van der Waals surface area (Å²) < 4.78 is 12.6. The van der Waals surface area contributed by atoms with E-state index in [9.17, 15) is 14.0 Å². The number of nitrogens with zero attached hydrogens (tertiary/aromatic N) is 3. The Labute approximate surface area is 195 Å². The van der Waals surface area contributed by atoms with E-state index in [2.05, 4.69) is 17.1 Å². The number of Topliss-reactive ketones (excluding diaryl/α,β-unsaturated/α-hetero) is 1. The maximum absolute atomic E-state index is 12.6. The summed E-state index contributed by atoms with van der Waals surface area (Å²) in [5, 5.41) is 3.84. The Morgan fingerprint density at radius 2 is 2.06 bits per heavy atom. The van der Waals surface area contributed by atoms with Gasteiger partial charge >= 0.3 is 0 Å². The summed E-state index contributed by atoms with van der Waals surface area (Å²) in [6.45, 7) is 9.37. The highest BCUT2D eigenvalue weighted by Crippen LogP contribution is 2.20. The van der Waals surface area contributed by atoms with Crippen LogP contribution in [0.4, 0.5) is 4.39 Å². The zero-order valence-corrected chi connectivity index (χ0v) is 20.2. The first kappa shape index (κ1) is 25.9. The van der Waals surface area contributed by atoms with Crippen LogP contribution in [0.25, 0.3) is 0 Å². The Morgan fingerprint density at radius 1 is 1.31 bits per heavy atom. The van der Waals surface area contributed by atoms with E-state index in [1.54, 1.807) is 25.3 Å². The van der Waals surface area contributed by atoms with Gasteiger partial charge in [-0.3, -0.25) is 9.59 Å². The number of halogens is 2. The number of amides is 1. The largest absolute Gasteiger partial charge is 0.368 e. The molecule has 0 aliphatic carbocycles. The summed E-state index contributed by atoms with van der Waals surface area (Å²) in [6.07, 6.45) is 7.16. The van der Waals surface area contributed by atoms with Crippen molar-refractivity contribution in [2.24, 2.45) is 0 Å². The molecule has 0 spiro atoms. The first-order valence-electron chi connectivity index (χ1n) is 11.1. The van der Waals surface area contributed by atoms with Crippen LogP contribution in [0.3, 0.4) is 0 Å². The molecular formula is C24H34ClFN4O2. The highest BCUT2D eigenvalue weighted by molar-refractivity contribution is 6.31. The number of rotatable bonds is 7. The SMILES string of the molecule is CCCc1cc(F)ccc1Cl.CCN(C)C/C=C/C(=O)N1CCN2C(C(C)=O)=CNC2C1. The molecule has 1 unspecified atom stereocenters. The van der Waals surface area contributed by atoms with Crippen molar-refractivity contribution >= 4 is 23.3 Å². The second-order valence-corrected chi connectivity index (χ2v) is 8.40. The number of piperazine rings is 1. The fourth-order valence-corrected chi connectivity index (χ4v) is 3.76. The molecular weight excluding hydrogens is 431 g/mol. The van der Waals surface area contributed by atoms with E-state index in [-0.39, 0.29) is 23.7 Å². The van der Waals surface area contributed by atoms with E-state index < -0.39 is 0 Å². The molecule has 1 fully saturated rings. The van der Waals surface area contributed by atoms with Crippen molar-refractivity contribution in [1.82, 2.24) is 20.0 Å². The van der Waals surface area contributed by atoms with Gasteiger partial charge in [0.2, 0.25) is 5.91 Å². The second kappa shape index (κ2) is 12.6. The first-order valence-corrected chi connectivity index (χ1v) is 11.5. The van der Waals surface area contributed by atoms with Gasteiger partial charge in [-0.15, -0.1) is 0 Å². The third kappa shape index (κ3) is 7.35. The fraction of sp³-hybridized carbons (Fsp3) is 0.500. The maximum atomic E-state index is 12.6. The van der Waals surface area contributed by atoms with Crippen molar-refractivity contribution in [3.05, 3.63) is 58.7 Å². The van der Waals surface area contributed by atoms with Crippen LogP contribution < -0.4 is 5.32 Å². The molecule has 1 atom stereocenters. The molecule has 1 aromatic rings. The van der Waals surface area contributed by atoms with Crippen molar-refractivity contribution in [2.45, 2.75) is 39.8 Å². The van der Waals surface area contributed by atoms with Gasteiger partial charge in [0.15, 0.2) is 5.78 Å². The number of fused-ring (bicyclic) bond motifs is 1. The highest BCUT2D eigenvalue weighted by Gasteiger charge is 2.34. The summed E-state index contributed by atoms with van der Waals surface area (Å²) in [4.78, 5) is 29.7. The molecule has 32 heavy (non-hydrogen) atoms. The molecule has 2 heterocycles. The highest BCUT2D eigenvalue weighted by atomic mass is 35.5. The maximum Gasteiger partial charge on any atom is 0.246 e. The van der Waals surface area contributed by atoms with Crippen LogP contribution in [-0.2, 0) is 16.0 Å².